The first-order chi connectivity index (χ1) is 27.5. The van der Waals surface area contributed by atoms with Crippen LogP contribution in [0.15, 0.2) is 36.9 Å². The second-order valence-electron chi connectivity index (χ2n) is 16.4. The molecule has 306 valence electrons. The number of carbonyl (C=O) groups is 4. The molecule has 3 saturated carbocycles. The van der Waals surface area contributed by atoms with Gasteiger partial charge in [-0.25, -0.2) is 8.42 Å². The number of nitrogens with zero attached hydrogens (tertiary/aromatic N) is 4. The van der Waals surface area contributed by atoms with Crippen molar-refractivity contribution >= 4 is 50.6 Å². The van der Waals surface area contributed by atoms with Crippen molar-refractivity contribution in [2.45, 2.75) is 107 Å². The molecular weight excluding hydrogens is 753 g/mol. The van der Waals surface area contributed by atoms with Crippen molar-refractivity contribution in [3.63, 3.8) is 0 Å². The van der Waals surface area contributed by atoms with Crippen molar-refractivity contribution in [2.24, 2.45) is 17.8 Å². The predicted molar refractivity (Wildman–Crippen MR) is 209 cm³/mol. The Labute approximate surface area is 333 Å². The summed E-state index contributed by atoms with van der Waals surface area (Å²) in [6, 6.07) is 4.60. The molecule has 3 aliphatic heterocycles. The highest BCUT2D eigenvalue weighted by Crippen LogP contribution is 2.46. The van der Waals surface area contributed by atoms with Gasteiger partial charge in [0.25, 0.3) is 5.91 Å². The highest BCUT2D eigenvalue weighted by Gasteiger charge is 2.62. The topological polar surface area (TPSA) is 186 Å². The second kappa shape index (κ2) is 16.0. The first-order valence-electron chi connectivity index (χ1n) is 20.5. The molecule has 1 aromatic heterocycles. The fraction of sp³-hybridized carbons (Fsp3) is 0.610. The van der Waals surface area contributed by atoms with Gasteiger partial charge in [0.1, 0.15) is 17.7 Å². The molecule has 4 bridgehead atoms. The SMILES string of the molecule is C=C[C@H]1C[C@]1(NC(=O)[C@@H]1C[C@@H]2CN1C(=O)[C@H](C1CCCC1)CC(=O)N1CCC[C@@H]1COC/C=C/c1ccc3nc(OCC)nc(c3c1)O2)C(=O)NS(=O)(=O)C1CC1. The molecule has 3 aliphatic carbocycles. The Bertz CT molecular complexity index is 2070. The van der Waals surface area contributed by atoms with Gasteiger partial charge in [-0.05, 0) is 75.5 Å². The maximum Gasteiger partial charge on any atom is 0.320 e. The average Bonchev–Trinajstić information content (AvgIpc) is 3.96. The first kappa shape index (κ1) is 39.3. The van der Waals surface area contributed by atoms with Crippen LogP contribution in [-0.2, 0) is 33.9 Å². The molecular formula is C41H52N6O9S. The lowest BCUT2D eigenvalue weighted by molar-refractivity contribution is -0.147. The molecule has 1 aromatic carbocycles. The molecule has 6 atom stereocenters. The number of amides is 4. The van der Waals surface area contributed by atoms with Gasteiger partial charge >= 0.3 is 6.01 Å². The second-order valence-corrected chi connectivity index (χ2v) is 18.3. The molecule has 2 N–H and O–H groups in total. The van der Waals surface area contributed by atoms with E-state index in [4.69, 9.17) is 14.2 Å². The predicted octanol–water partition coefficient (Wildman–Crippen LogP) is 3.28. The normalized spacial score (nSPS) is 30.2. The summed E-state index contributed by atoms with van der Waals surface area (Å²) in [5.41, 5.74) is -0.0956. The fourth-order valence-corrected chi connectivity index (χ4v) is 10.5. The van der Waals surface area contributed by atoms with Crippen molar-refractivity contribution in [3.05, 3.63) is 42.5 Å². The minimum Gasteiger partial charge on any atom is -0.472 e. The quantitative estimate of drug-likeness (QED) is 0.355. The molecule has 4 amide bonds. The van der Waals surface area contributed by atoms with Crippen LogP contribution in [-0.4, -0.2) is 114 Å². The van der Waals surface area contributed by atoms with Crippen LogP contribution in [0, 0.1) is 17.8 Å². The minimum atomic E-state index is -3.90. The van der Waals surface area contributed by atoms with E-state index >= 15 is 4.79 Å². The molecule has 6 aliphatic rings. The standard InChI is InChI=1S/C41H52N6O9S/c1-3-27-22-41(27,39(51)45-57(52,53)30-14-15-30)44-36(49)34-20-29-23-47(34)38(50)31(26-10-5-6-11-26)21-35(48)46-17-7-12-28(46)24-54-18-8-9-25-13-16-33-32(19-25)37(56-29)43-40(42-33)55-4-2/h3,8-9,13,16,19,26-31,34H,1,4-7,10-12,14-15,17-18,20-24H2,2H3,(H,44,49)(H,45,51)/b9-8+/t27-,28+,29+,31-,34-,41+/m0/s1. The molecule has 0 radical (unpaired) electrons. The molecule has 2 saturated heterocycles. The van der Waals surface area contributed by atoms with Crippen LogP contribution >= 0.6 is 0 Å². The smallest absolute Gasteiger partial charge is 0.320 e. The van der Waals surface area contributed by atoms with Gasteiger partial charge < -0.3 is 29.3 Å². The van der Waals surface area contributed by atoms with Crippen LogP contribution in [0.25, 0.3) is 17.0 Å². The summed E-state index contributed by atoms with van der Waals surface area (Å²) in [4.78, 5) is 69.9. The zero-order valence-corrected chi connectivity index (χ0v) is 33.2. The van der Waals surface area contributed by atoms with Gasteiger partial charge in [-0.15, -0.1) is 6.58 Å². The zero-order chi connectivity index (χ0) is 39.9. The van der Waals surface area contributed by atoms with Crippen LogP contribution in [0.1, 0.15) is 83.1 Å². The lowest BCUT2D eigenvalue weighted by Crippen LogP contribution is -2.57. The van der Waals surface area contributed by atoms with E-state index in [1.54, 1.807) is 0 Å². The Morgan fingerprint density at radius 3 is 2.63 bits per heavy atom. The molecule has 16 heteroatoms. The van der Waals surface area contributed by atoms with Gasteiger partial charge in [-0.3, -0.25) is 23.9 Å². The summed E-state index contributed by atoms with van der Waals surface area (Å²) in [6.07, 6.45) is 11.0. The van der Waals surface area contributed by atoms with Gasteiger partial charge in [-0.2, -0.15) is 9.97 Å². The number of hydrogen-bond donors (Lipinski definition) is 2. The van der Waals surface area contributed by atoms with E-state index in [9.17, 15) is 22.8 Å². The van der Waals surface area contributed by atoms with Crippen LogP contribution in [0.3, 0.4) is 0 Å². The van der Waals surface area contributed by atoms with Gasteiger partial charge in [0, 0.05) is 31.2 Å². The molecule has 0 spiro atoms. The van der Waals surface area contributed by atoms with Crippen molar-refractivity contribution in [1.82, 2.24) is 29.8 Å². The Balaban J connectivity index is 1.15. The van der Waals surface area contributed by atoms with Crippen molar-refractivity contribution in [1.29, 1.82) is 0 Å². The van der Waals surface area contributed by atoms with E-state index in [0.717, 1.165) is 44.1 Å². The zero-order valence-electron chi connectivity index (χ0n) is 32.4. The summed E-state index contributed by atoms with van der Waals surface area (Å²) in [5, 5.41) is 2.85. The monoisotopic (exact) mass is 804 g/mol. The number of sulfonamides is 1. The highest BCUT2D eigenvalue weighted by molar-refractivity contribution is 7.91. The number of ether oxygens (including phenoxy) is 3. The third kappa shape index (κ3) is 8.12. The molecule has 57 heavy (non-hydrogen) atoms. The lowest BCUT2D eigenvalue weighted by Gasteiger charge is -2.33. The maximum atomic E-state index is 15.0. The number of nitrogens with one attached hydrogen (secondary N) is 2. The van der Waals surface area contributed by atoms with Crippen LogP contribution in [0.4, 0.5) is 0 Å². The molecule has 5 fully saturated rings. The molecule has 2 aromatic rings. The summed E-state index contributed by atoms with van der Waals surface area (Å²) in [5.74, 6) is -2.83. The summed E-state index contributed by atoms with van der Waals surface area (Å²) >= 11 is 0. The van der Waals surface area contributed by atoms with Crippen molar-refractivity contribution in [3.8, 4) is 11.9 Å². The van der Waals surface area contributed by atoms with E-state index in [1.807, 2.05) is 42.2 Å². The minimum absolute atomic E-state index is 0.0102. The van der Waals surface area contributed by atoms with E-state index in [-0.39, 0.29) is 61.5 Å². The Morgan fingerprint density at radius 2 is 1.89 bits per heavy atom. The average molecular weight is 805 g/mol. The Morgan fingerprint density at radius 1 is 1.09 bits per heavy atom. The number of hydrogen-bond acceptors (Lipinski definition) is 11. The van der Waals surface area contributed by atoms with Gasteiger partial charge in [0.15, 0.2) is 0 Å². The highest BCUT2D eigenvalue weighted by atomic mass is 32.2. The number of benzene rings is 1. The van der Waals surface area contributed by atoms with Crippen LogP contribution < -0.4 is 19.5 Å². The summed E-state index contributed by atoms with van der Waals surface area (Å²) in [7, 11) is -3.90. The van der Waals surface area contributed by atoms with E-state index in [2.05, 4.69) is 26.6 Å². The lowest BCUT2D eigenvalue weighted by atomic mass is 9.86. The summed E-state index contributed by atoms with van der Waals surface area (Å²) < 4.78 is 46.2. The van der Waals surface area contributed by atoms with E-state index in [0.29, 0.717) is 50.1 Å². The third-order valence-electron chi connectivity index (χ3n) is 12.5. The summed E-state index contributed by atoms with van der Waals surface area (Å²) in [6.45, 7) is 7.31. The number of carbonyl (C=O) groups excluding carboxylic acids is 4. The Hall–Kier alpha value is -4.57. The number of rotatable bonds is 9. The van der Waals surface area contributed by atoms with Crippen molar-refractivity contribution < 1.29 is 41.8 Å². The van der Waals surface area contributed by atoms with Gasteiger partial charge in [-0.1, -0.05) is 37.1 Å². The first-order valence-corrected chi connectivity index (χ1v) is 22.0. The molecule has 0 unspecified atom stereocenters. The third-order valence-corrected chi connectivity index (χ3v) is 14.3. The number of aromatic nitrogens is 2. The van der Waals surface area contributed by atoms with E-state index < -0.39 is 56.6 Å². The van der Waals surface area contributed by atoms with Crippen LogP contribution in [0.5, 0.6) is 11.9 Å². The van der Waals surface area contributed by atoms with E-state index in [1.165, 1.54) is 11.0 Å². The maximum absolute atomic E-state index is 15.0. The number of fused-ring (bicyclic) bond motifs is 4. The molecule has 15 nitrogen and oxygen atoms in total. The molecule has 8 rings (SSSR count). The van der Waals surface area contributed by atoms with Gasteiger partial charge in [0.05, 0.1) is 48.6 Å². The fourth-order valence-electron chi connectivity index (χ4n) is 9.16. The van der Waals surface area contributed by atoms with Crippen LogP contribution in [0.2, 0.25) is 0 Å². The largest absolute Gasteiger partial charge is 0.472 e. The van der Waals surface area contributed by atoms with Gasteiger partial charge in [0.2, 0.25) is 33.6 Å². The molecule has 4 heterocycles. The Kier molecular flexibility index (Phi) is 11.0. The van der Waals surface area contributed by atoms with Crippen molar-refractivity contribution in [2.75, 3.05) is 32.9 Å².